The van der Waals surface area contributed by atoms with Gasteiger partial charge in [-0.1, -0.05) is 62.6 Å². The molecule has 9 nitrogen and oxygen atoms in total. The number of Topliss-reactive ketones (excluding diaryl/α,β-unsaturated/α-hetero) is 1. The van der Waals surface area contributed by atoms with Gasteiger partial charge in [-0.2, -0.15) is 10.2 Å². The minimum absolute atomic E-state index is 0.0142. The average Bonchev–Trinajstić information content (AvgIpc) is 3.49. The van der Waals surface area contributed by atoms with Crippen LogP contribution in [0.25, 0.3) is 5.57 Å². The third-order valence-corrected chi connectivity index (χ3v) is 12.4. The van der Waals surface area contributed by atoms with Crippen molar-refractivity contribution in [3.8, 4) is 0 Å². The van der Waals surface area contributed by atoms with Gasteiger partial charge in [0.15, 0.2) is 5.78 Å². The smallest absolute Gasteiger partial charge is 0.308 e. The highest BCUT2D eigenvalue weighted by Crippen LogP contribution is 2.36. The number of esters is 1. The van der Waals surface area contributed by atoms with Crippen LogP contribution in [0.5, 0.6) is 0 Å². The van der Waals surface area contributed by atoms with E-state index in [-0.39, 0.29) is 24.0 Å². The molecule has 312 valence electrons. The zero-order valence-electron chi connectivity index (χ0n) is 35.9. The Hall–Kier alpha value is -4.41. The predicted octanol–water partition coefficient (Wildman–Crippen LogP) is 11.6. The van der Waals surface area contributed by atoms with Crippen LogP contribution < -0.4 is 10.6 Å². The first-order valence-corrected chi connectivity index (χ1v) is 22.0. The van der Waals surface area contributed by atoms with E-state index < -0.39 is 12.0 Å². The topological polar surface area (TPSA) is 122 Å². The number of hydrogen-bond donors (Lipinski definition) is 2. The molecule has 1 saturated carbocycles. The van der Waals surface area contributed by atoms with Gasteiger partial charge in [0.05, 0.1) is 29.8 Å². The minimum Gasteiger partial charge on any atom is -0.469 e. The van der Waals surface area contributed by atoms with Crippen LogP contribution in [0.15, 0.2) is 63.2 Å². The van der Waals surface area contributed by atoms with Crippen molar-refractivity contribution >= 4 is 69.0 Å². The van der Waals surface area contributed by atoms with Gasteiger partial charge >= 0.3 is 5.97 Å². The summed E-state index contributed by atoms with van der Waals surface area (Å²) in [6.07, 6.45) is 8.76. The number of carbonyl (C=O) groups is 3. The fourth-order valence-corrected chi connectivity index (χ4v) is 8.14. The first kappa shape index (κ1) is 46.3. The number of allylic oxidation sites excluding steroid dienone is 2. The zero-order chi connectivity index (χ0) is 42.4. The van der Waals surface area contributed by atoms with Crippen LogP contribution in [-0.2, 0) is 9.53 Å². The maximum absolute atomic E-state index is 13.6. The summed E-state index contributed by atoms with van der Waals surface area (Å²) < 4.78 is 5.04. The number of nitrogens with one attached hydrogen (secondary N) is 2. The molecule has 0 bridgehead atoms. The lowest BCUT2D eigenvalue weighted by Gasteiger charge is -2.23. The van der Waals surface area contributed by atoms with Crippen molar-refractivity contribution < 1.29 is 19.1 Å². The summed E-state index contributed by atoms with van der Waals surface area (Å²) in [5, 5.41) is 16.1. The molecule has 1 aliphatic rings. The number of anilines is 1. The fraction of sp³-hybridized carbons (Fsp3) is 0.489. The zero-order valence-corrected chi connectivity index (χ0v) is 37.5. The number of aliphatic imine (C=N–C) groups is 1. The van der Waals surface area contributed by atoms with Crippen LogP contribution in [-0.4, -0.2) is 61.0 Å². The maximum Gasteiger partial charge on any atom is 0.308 e. The number of ketones is 1. The summed E-state index contributed by atoms with van der Waals surface area (Å²) in [5.74, 6) is -0.346. The third kappa shape index (κ3) is 12.5. The Bertz CT molecular complexity index is 2040. The summed E-state index contributed by atoms with van der Waals surface area (Å²) in [5.41, 5.74) is 10.2. The summed E-state index contributed by atoms with van der Waals surface area (Å²) in [7, 11) is 1.36. The first-order chi connectivity index (χ1) is 27.8. The van der Waals surface area contributed by atoms with E-state index in [9.17, 15) is 14.4 Å². The number of amides is 1. The summed E-state index contributed by atoms with van der Waals surface area (Å²) in [6, 6.07) is 13.0. The lowest BCUT2D eigenvalue weighted by atomic mass is 9.83. The van der Waals surface area contributed by atoms with Crippen LogP contribution >= 0.6 is 22.9 Å². The van der Waals surface area contributed by atoms with Gasteiger partial charge in [-0.15, -0.1) is 11.3 Å². The molecule has 1 fully saturated rings. The molecule has 11 heteroatoms. The molecule has 3 aromatic rings. The Kier molecular flexibility index (Phi) is 18.1. The fourth-order valence-electron chi connectivity index (χ4n) is 6.93. The summed E-state index contributed by atoms with van der Waals surface area (Å²) in [6.45, 7) is 17.3. The Morgan fingerprint density at radius 3 is 2.28 bits per heavy atom. The number of thiophene rings is 1. The predicted molar refractivity (Wildman–Crippen MR) is 244 cm³/mol. The molecule has 0 radical (unpaired) electrons. The van der Waals surface area contributed by atoms with Crippen LogP contribution in [0.3, 0.4) is 0 Å². The van der Waals surface area contributed by atoms with E-state index in [1.165, 1.54) is 36.0 Å². The van der Waals surface area contributed by atoms with Crippen LogP contribution in [0.1, 0.15) is 153 Å². The number of hydrogen-bond acceptors (Lipinski definition) is 9. The minimum atomic E-state index is -0.644. The van der Waals surface area contributed by atoms with Crippen molar-refractivity contribution in [1.82, 2.24) is 5.32 Å². The van der Waals surface area contributed by atoms with Gasteiger partial charge in [0.2, 0.25) is 0 Å². The molecule has 0 spiro atoms. The standard InChI is InChI=1S/C47H62ClN5O4S/c1-10-16-30(4)52-53-33(7)41(28-42(54)57-9)51-44(36-19-21-37(48)22-20-36)43-32(6)46(58-34(43)8)47(56)50-26-14-12-13-25-49-38-23-24-39(31(5)35-17-15-18-35)40(27-38)45(55)29(3)11-2/h19-24,27,29,41,49H,10-18,25-26,28H2,1-9H3,(H,50,56)/b51-44?,52-30-,53-33+. The molecule has 2 unspecified atom stereocenters. The summed E-state index contributed by atoms with van der Waals surface area (Å²) in [4.78, 5) is 46.3. The lowest BCUT2D eigenvalue weighted by Crippen LogP contribution is -2.25. The molecular formula is C47H62ClN5O4S. The van der Waals surface area contributed by atoms with Crippen molar-refractivity contribution in [2.45, 2.75) is 126 Å². The van der Waals surface area contributed by atoms with E-state index in [2.05, 4.69) is 53.7 Å². The number of carbonyl (C=O) groups excluding carboxylic acids is 3. The van der Waals surface area contributed by atoms with Crippen LogP contribution in [0.4, 0.5) is 5.69 Å². The van der Waals surface area contributed by atoms with E-state index in [4.69, 9.17) is 21.3 Å². The van der Waals surface area contributed by atoms with Gasteiger partial charge in [-0.05, 0) is 127 Å². The number of methoxy groups -OCH3 is 1. The molecule has 1 aromatic heterocycles. The lowest BCUT2D eigenvalue weighted by molar-refractivity contribution is -0.140. The molecular weight excluding hydrogens is 766 g/mol. The van der Waals surface area contributed by atoms with Crippen molar-refractivity contribution in [2.75, 3.05) is 25.5 Å². The van der Waals surface area contributed by atoms with E-state index >= 15 is 0 Å². The van der Waals surface area contributed by atoms with Gasteiger partial charge in [0.25, 0.3) is 5.91 Å². The number of halogens is 1. The van der Waals surface area contributed by atoms with Gasteiger partial charge in [0, 0.05) is 57.0 Å². The van der Waals surface area contributed by atoms with Gasteiger partial charge in [-0.3, -0.25) is 19.4 Å². The molecule has 58 heavy (non-hydrogen) atoms. The second kappa shape index (κ2) is 22.7. The van der Waals surface area contributed by atoms with E-state index in [0.717, 1.165) is 102 Å². The van der Waals surface area contributed by atoms with Crippen molar-refractivity contribution in [1.29, 1.82) is 0 Å². The number of rotatable bonds is 21. The first-order valence-electron chi connectivity index (χ1n) is 20.8. The van der Waals surface area contributed by atoms with Gasteiger partial charge in [0.1, 0.15) is 6.04 Å². The molecule has 2 atom stereocenters. The van der Waals surface area contributed by atoms with Crippen molar-refractivity contribution in [3.63, 3.8) is 0 Å². The monoisotopic (exact) mass is 827 g/mol. The Balaban J connectivity index is 1.44. The van der Waals surface area contributed by atoms with Gasteiger partial charge in [-0.25, -0.2) is 0 Å². The quantitative estimate of drug-likeness (QED) is 0.0364. The number of aryl methyl sites for hydroxylation is 1. The van der Waals surface area contributed by atoms with Crippen LogP contribution in [0, 0.1) is 19.8 Å². The molecule has 2 N–H and O–H groups in total. The number of unbranched alkanes of at least 4 members (excludes halogenated alkanes) is 2. The summed E-state index contributed by atoms with van der Waals surface area (Å²) >= 11 is 7.72. The highest BCUT2D eigenvalue weighted by atomic mass is 35.5. The number of ether oxygens (including phenoxy) is 1. The Morgan fingerprint density at radius 2 is 1.64 bits per heavy atom. The molecule has 1 amide bonds. The van der Waals surface area contributed by atoms with Crippen LogP contribution in [0.2, 0.25) is 5.02 Å². The third-order valence-electron chi connectivity index (χ3n) is 10.9. The van der Waals surface area contributed by atoms with Gasteiger partial charge < -0.3 is 15.4 Å². The Labute approximate surface area is 354 Å². The second-order valence-electron chi connectivity index (χ2n) is 15.4. The second-order valence-corrected chi connectivity index (χ2v) is 17.0. The molecule has 0 aliphatic heterocycles. The molecule has 4 rings (SSSR count). The van der Waals surface area contributed by atoms with E-state index in [0.29, 0.717) is 27.9 Å². The average molecular weight is 829 g/mol. The number of benzene rings is 2. The SMILES string of the molecule is CCC/C(C)=N\N=C(/C)C(CC(=O)OC)N=C(c1ccc(Cl)cc1)c1c(C)sc(C(=O)NCCCCCNc2ccc(C(C)=C3CCC3)c(C(=O)C(C)CC)c2)c1C. The van der Waals surface area contributed by atoms with E-state index in [1.807, 2.05) is 52.8 Å². The molecule has 1 heterocycles. The highest BCUT2D eigenvalue weighted by Gasteiger charge is 2.26. The molecule has 2 aromatic carbocycles. The van der Waals surface area contributed by atoms with Crippen molar-refractivity contribution in [3.05, 3.63) is 90.6 Å². The van der Waals surface area contributed by atoms with Crippen molar-refractivity contribution in [2.24, 2.45) is 21.1 Å². The molecule has 0 saturated heterocycles. The maximum atomic E-state index is 13.6. The highest BCUT2D eigenvalue weighted by molar-refractivity contribution is 7.14. The largest absolute Gasteiger partial charge is 0.469 e. The normalized spacial score (nSPS) is 14.4. The molecule has 1 aliphatic carbocycles. The van der Waals surface area contributed by atoms with E-state index in [1.54, 1.807) is 12.1 Å². The Morgan fingerprint density at radius 1 is 0.931 bits per heavy atom. The number of nitrogens with zero attached hydrogens (tertiary/aromatic N) is 3.